The molecule has 1 fully saturated rings. The zero-order chi connectivity index (χ0) is 19.4. The largest absolute Gasteiger partial charge is 0.490 e. The van der Waals surface area contributed by atoms with Crippen molar-refractivity contribution in [2.24, 2.45) is 0 Å². The summed E-state index contributed by atoms with van der Waals surface area (Å²) in [5, 5.41) is 1.24. The highest BCUT2D eigenvalue weighted by molar-refractivity contribution is 9.10. The van der Waals surface area contributed by atoms with Crippen LogP contribution in [0.2, 0.25) is 0 Å². The van der Waals surface area contributed by atoms with Crippen LogP contribution < -0.4 is 19.9 Å². The summed E-state index contributed by atoms with van der Waals surface area (Å²) in [4.78, 5) is 25.0. The van der Waals surface area contributed by atoms with Gasteiger partial charge in [0.1, 0.15) is 5.57 Å². The van der Waals surface area contributed by atoms with Crippen LogP contribution in [-0.2, 0) is 9.59 Å². The molecule has 7 heteroatoms. The standard InChI is InChI=1S/C20H19BrN2O4/c1-3-26-17-12-13(11-16(21)18(17)27-4-2)10-15-19(24)22-23(20(15)25)14-8-6-5-7-9-14/h5-12H,3-4H2,1-2H3,(H,22,24)/b15-10-. The first-order chi connectivity index (χ1) is 13.0. The maximum Gasteiger partial charge on any atom is 0.282 e. The molecule has 1 N–H and O–H groups in total. The minimum absolute atomic E-state index is 0.0531. The van der Waals surface area contributed by atoms with Gasteiger partial charge in [0, 0.05) is 0 Å². The first kappa shape index (κ1) is 19.0. The van der Waals surface area contributed by atoms with Crippen LogP contribution in [-0.4, -0.2) is 25.0 Å². The molecule has 0 unspecified atom stereocenters. The van der Waals surface area contributed by atoms with Gasteiger partial charge in [0.2, 0.25) is 0 Å². The summed E-state index contributed by atoms with van der Waals surface area (Å²) in [5.41, 5.74) is 3.89. The Morgan fingerprint density at radius 3 is 2.44 bits per heavy atom. The minimum Gasteiger partial charge on any atom is -0.490 e. The van der Waals surface area contributed by atoms with Crippen molar-refractivity contribution in [2.45, 2.75) is 13.8 Å². The monoisotopic (exact) mass is 430 g/mol. The lowest BCUT2D eigenvalue weighted by molar-refractivity contribution is -0.117. The lowest BCUT2D eigenvalue weighted by atomic mass is 10.1. The van der Waals surface area contributed by atoms with E-state index < -0.39 is 11.8 Å². The van der Waals surface area contributed by atoms with Crippen molar-refractivity contribution in [1.82, 2.24) is 5.43 Å². The average molecular weight is 431 g/mol. The van der Waals surface area contributed by atoms with Crippen LogP contribution in [0.1, 0.15) is 19.4 Å². The van der Waals surface area contributed by atoms with Crippen LogP contribution in [0.15, 0.2) is 52.5 Å². The van der Waals surface area contributed by atoms with Gasteiger partial charge in [-0.1, -0.05) is 18.2 Å². The van der Waals surface area contributed by atoms with Gasteiger partial charge >= 0.3 is 0 Å². The lowest BCUT2D eigenvalue weighted by Gasteiger charge is -2.14. The number of nitrogens with zero attached hydrogens (tertiary/aromatic N) is 1. The average Bonchev–Trinajstić information content (AvgIpc) is 2.94. The zero-order valence-corrected chi connectivity index (χ0v) is 16.6. The lowest BCUT2D eigenvalue weighted by Crippen LogP contribution is -2.35. The van der Waals surface area contributed by atoms with Gasteiger partial charge in [-0.25, -0.2) is 5.01 Å². The highest BCUT2D eigenvalue weighted by atomic mass is 79.9. The number of ether oxygens (including phenoxy) is 2. The maximum absolute atomic E-state index is 12.7. The fourth-order valence-corrected chi connectivity index (χ4v) is 3.28. The van der Waals surface area contributed by atoms with E-state index in [-0.39, 0.29) is 5.57 Å². The molecule has 3 rings (SSSR count). The van der Waals surface area contributed by atoms with Gasteiger partial charge in [-0.2, -0.15) is 0 Å². The van der Waals surface area contributed by atoms with Gasteiger partial charge < -0.3 is 9.47 Å². The third-order valence-electron chi connectivity index (χ3n) is 3.84. The molecule has 2 amide bonds. The van der Waals surface area contributed by atoms with Crippen molar-refractivity contribution < 1.29 is 19.1 Å². The van der Waals surface area contributed by atoms with E-state index in [4.69, 9.17) is 9.47 Å². The SMILES string of the molecule is CCOc1cc(/C=C2/C(=O)NN(c3ccccc3)C2=O)cc(Br)c1OCC. The second kappa shape index (κ2) is 8.26. The molecule has 0 atom stereocenters. The summed E-state index contributed by atoms with van der Waals surface area (Å²) >= 11 is 3.47. The van der Waals surface area contributed by atoms with Crippen LogP contribution in [0.25, 0.3) is 6.08 Å². The molecule has 2 aromatic rings. The van der Waals surface area contributed by atoms with E-state index in [0.717, 1.165) is 0 Å². The van der Waals surface area contributed by atoms with Gasteiger partial charge in [0.25, 0.3) is 11.8 Å². The summed E-state index contributed by atoms with van der Waals surface area (Å²) < 4.78 is 11.9. The molecule has 0 radical (unpaired) electrons. The zero-order valence-electron chi connectivity index (χ0n) is 15.0. The molecular formula is C20H19BrN2O4. The predicted octanol–water partition coefficient (Wildman–Crippen LogP) is 3.71. The van der Waals surface area contributed by atoms with Crippen molar-refractivity contribution >= 4 is 39.5 Å². The summed E-state index contributed by atoms with van der Waals surface area (Å²) in [6.45, 7) is 4.72. The van der Waals surface area contributed by atoms with Gasteiger partial charge in [-0.15, -0.1) is 0 Å². The second-order valence-corrected chi connectivity index (χ2v) is 6.53. The fraction of sp³-hybridized carbons (Fsp3) is 0.200. The Labute approximate surface area is 165 Å². The number of rotatable bonds is 6. The van der Waals surface area contributed by atoms with Crippen molar-refractivity contribution in [3.05, 3.63) is 58.1 Å². The highest BCUT2D eigenvalue weighted by Gasteiger charge is 2.34. The predicted molar refractivity (Wildman–Crippen MR) is 107 cm³/mol. The number of carbonyl (C=O) groups is 2. The molecule has 140 valence electrons. The number of benzene rings is 2. The number of carbonyl (C=O) groups excluding carboxylic acids is 2. The summed E-state index contributed by atoms with van der Waals surface area (Å²) in [6, 6.07) is 12.5. The third kappa shape index (κ3) is 3.98. The van der Waals surface area contributed by atoms with Crippen LogP contribution >= 0.6 is 15.9 Å². The van der Waals surface area contributed by atoms with Crippen LogP contribution in [0.5, 0.6) is 11.5 Å². The first-order valence-corrected chi connectivity index (χ1v) is 9.35. The van der Waals surface area contributed by atoms with E-state index in [9.17, 15) is 9.59 Å². The van der Waals surface area contributed by atoms with Gasteiger partial charge in [0.15, 0.2) is 11.5 Å². The number of amides is 2. The molecule has 2 aromatic carbocycles. The molecule has 0 bridgehead atoms. The first-order valence-electron chi connectivity index (χ1n) is 8.56. The number of nitrogens with one attached hydrogen (secondary N) is 1. The number of anilines is 1. The molecule has 0 spiro atoms. The molecule has 6 nitrogen and oxygen atoms in total. The fourth-order valence-electron chi connectivity index (χ4n) is 2.70. The Balaban J connectivity index is 1.96. The smallest absolute Gasteiger partial charge is 0.282 e. The molecule has 1 aliphatic heterocycles. The van der Waals surface area contributed by atoms with Crippen LogP contribution in [0.4, 0.5) is 5.69 Å². The number of hydrogen-bond donors (Lipinski definition) is 1. The molecule has 0 saturated carbocycles. The maximum atomic E-state index is 12.7. The van der Waals surface area contributed by atoms with Crippen LogP contribution in [0, 0.1) is 0 Å². The number of hydrazine groups is 1. The summed E-state index contributed by atoms with van der Waals surface area (Å²) in [6.07, 6.45) is 1.55. The van der Waals surface area contributed by atoms with E-state index >= 15 is 0 Å². The number of para-hydroxylation sites is 1. The topological polar surface area (TPSA) is 67.9 Å². The molecule has 0 aliphatic carbocycles. The molecule has 1 saturated heterocycles. The van der Waals surface area contributed by atoms with Crippen molar-refractivity contribution in [3.8, 4) is 11.5 Å². The molecule has 1 aliphatic rings. The van der Waals surface area contributed by atoms with Crippen molar-refractivity contribution in [1.29, 1.82) is 0 Å². The van der Waals surface area contributed by atoms with Crippen molar-refractivity contribution in [3.63, 3.8) is 0 Å². The number of hydrogen-bond acceptors (Lipinski definition) is 4. The van der Waals surface area contributed by atoms with Gasteiger partial charge in [-0.3, -0.25) is 15.0 Å². The van der Waals surface area contributed by atoms with E-state index in [1.54, 1.807) is 42.5 Å². The second-order valence-electron chi connectivity index (χ2n) is 5.67. The van der Waals surface area contributed by atoms with E-state index in [1.807, 2.05) is 19.9 Å². The number of halogens is 1. The highest BCUT2D eigenvalue weighted by Crippen LogP contribution is 2.37. The molecular weight excluding hydrogens is 412 g/mol. The van der Waals surface area contributed by atoms with Crippen LogP contribution in [0.3, 0.4) is 0 Å². The van der Waals surface area contributed by atoms with E-state index in [1.165, 1.54) is 5.01 Å². The van der Waals surface area contributed by atoms with Gasteiger partial charge in [-0.05, 0) is 65.7 Å². The Bertz CT molecular complexity index is 896. The quantitative estimate of drug-likeness (QED) is 0.560. The Morgan fingerprint density at radius 1 is 1.07 bits per heavy atom. The summed E-state index contributed by atoms with van der Waals surface area (Å²) in [5.74, 6) is 0.280. The molecule has 1 heterocycles. The Hall–Kier alpha value is -2.80. The normalized spacial score (nSPS) is 15.2. The van der Waals surface area contributed by atoms with E-state index in [0.29, 0.717) is 40.4 Å². The molecule has 27 heavy (non-hydrogen) atoms. The Kier molecular flexibility index (Phi) is 5.81. The van der Waals surface area contributed by atoms with Gasteiger partial charge in [0.05, 0.1) is 23.4 Å². The van der Waals surface area contributed by atoms with Crippen molar-refractivity contribution in [2.75, 3.05) is 18.2 Å². The summed E-state index contributed by atoms with van der Waals surface area (Å²) in [7, 11) is 0. The molecule has 0 aromatic heterocycles. The van der Waals surface area contributed by atoms with E-state index in [2.05, 4.69) is 21.4 Å². The third-order valence-corrected chi connectivity index (χ3v) is 4.43. The minimum atomic E-state index is -0.452. The Morgan fingerprint density at radius 2 is 1.78 bits per heavy atom.